The van der Waals surface area contributed by atoms with Crippen LogP contribution in [0, 0.1) is 0 Å². The third kappa shape index (κ3) is 4.75. The third-order valence-electron chi connectivity index (χ3n) is 4.46. The lowest BCUT2D eigenvalue weighted by Crippen LogP contribution is -2.44. The van der Waals surface area contributed by atoms with Gasteiger partial charge in [0.2, 0.25) is 11.8 Å². The molecule has 2 aromatic rings. The molecule has 3 heterocycles. The highest BCUT2D eigenvalue weighted by Crippen LogP contribution is 2.28. The van der Waals surface area contributed by atoms with E-state index in [0.29, 0.717) is 17.1 Å². The molecule has 28 heavy (non-hydrogen) atoms. The second-order valence-electron chi connectivity index (χ2n) is 7.03. The zero-order valence-corrected chi connectivity index (χ0v) is 16.8. The number of nitrogens with one attached hydrogen (secondary N) is 2. The normalized spacial score (nSPS) is 15.8. The molecule has 0 spiro atoms. The van der Waals surface area contributed by atoms with Gasteiger partial charge in [0.15, 0.2) is 0 Å². The highest BCUT2D eigenvalue weighted by atomic mass is 32.1. The quantitative estimate of drug-likeness (QED) is 0.775. The van der Waals surface area contributed by atoms with Crippen molar-refractivity contribution in [3.8, 4) is 0 Å². The first-order valence-corrected chi connectivity index (χ1v) is 10.2. The predicted octanol–water partition coefficient (Wildman–Crippen LogP) is 1.91. The Morgan fingerprint density at radius 2 is 2.11 bits per heavy atom. The summed E-state index contributed by atoms with van der Waals surface area (Å²) in [4.78, 5) is 44.1. The van der Waals surface area contributed by atoms with Crippen molar-refractivity contribution in [1.29, 1.82) is 0 Å². The van der Waals surface area contributed by atoms with Crippen molar-refractivity contribution < 1.29 is 14.4 Å². The Kier molecular flexibility index (Phi) is 6.41. The second kappa shape index (κ2) is 8.97. The number of carbonyl (C=O) groups is 3. The largest absolute Gasteiger partial charge is 0.355 e. The van der Waals surface area contributed by atoms with Crippen molar-refractivity contribution in [2.45, 2.75) is 38.8 Å². The number of fused-ring (bicyclic) bond motifs is 1. The molecule has 0 radical (unpaired) electrons. The lowest BCUT2D eigenvalue weighted by atomic mass is 9.93. The van der Waals surface area contributed by atoms with Crippen molar-refractivity contribution in [1.82, 2.24) is 20.5 Å². The molecule has 8 heteroatoms. The van der Waals surface area contributed by atoms with Gasteiger partial charge in [0, 0.05) is 38.3 Å². The number of thiophene rings is 1. The Morgan fingerprint density at radius 3 is 2.82 bits per heavy atom. The van der Waals surface area contributed by atoms with E-state index < -0.39 is 5.92 Å². The van der Waals surface area contributed by atoms with Crippen molar-refractivity contribution in [3.63, 3.8) is 0 Å². The fourth-order valence-corrected chi connectivity index (χ4v) is 3.90. The van der Waals surface area contributed by atoms with Crippen LogP contribution in [0.15, 0.2) is 35.8 Å². The minimum atomic E-state index is -0.554. The van der Waals surface area contributed by atoms with Gasteiger partial charge in [-0.1, -0.05) is 12.1 Å². The van der Waals surface area contributed by atoms with Gasteiger partial charge in [-0.05, 0) is 36.9 Å². The first-order valence-electron chi connectivity index (χ1n) is 9.29. The standard InChI is InChI=1S/C20H24N4O3S/c1-13(2)23-17(25)7-9-22-19(26)15-12-24(20(27)16-6-4-10-28-16)11-14-5-3-8-21-18(14)15/h3-6,8,10,13,15H,7,9,11-12H2,1-2H3,(H,22,26)(H,23,25). The van der Waals surface area contributed by atoms with Crippen LogP contribution in [0.1, 0.15) is 47.1 Å². The van der Waals surface area contributed by atoms with Crippen molar-refractivity contribution in [2.24, 2.45) is 0 Å². The molecular weight excluding hydrogens is 376 g/mol. The molecule has 1 atom stereocenters. The van der Waals surface area contributed by atoms with Gasteiger partial charge in [-0.15, -0.1) is 11.3 Å². The summed E-state index contributed by atoms with van der Waals surface area (Å²) in [5.74, 6) is -0.964. The Hall–Kier alpha value is -2.74. The van der Waals surface area contributed by atoms with E-state index in [9.17, 15) is 14.4 Å². The third-order valence-corrected chi connectivity index (χ3v) is 5.31. The summed E-state index contributed by atoms with van der Waals surface area (Å²) >= 11 is 1.39. The van der Waals surface area contributed by atoms with Crippen molar-refractivity contribution >= 4 is 29.1 Å². The SMILES string of the molecule is CC(C)NC(=O)CCNC(=O)C1CN(C(=O)c2cccs2)Cc2cccnc21. The lowest BCUT2D eigenvalue weighted by Gasteiger charge is -2.33. The highest BCUT2D eigenvalue weighted by Gasteiger charge is 2.34. The number of aromatic nitrogens is 1. The first-order chi connectivity index (χ1) is 13.5. The number of hydrogen-bond acceptors (Lipinski definition) is 5. The molecule has 148 valence electrons. The van der Waals surface area contributed by atoms with Gasteiger partial charge < -0.3 is 15.5 Å². The van der Waals surface area contributed by atoms with E-state index in [-0.39, 0.29) is 43.3 Å². The predicted molar refractivity (Wildman–Crippen MR) is 107 cm³/mol. The van der Waals surface area contributed by atoms with Crippen LogP contribution in [-0.2, 0) is 16.1 Å². The van der Waals surface area contributed by atoms with Crippen LogP contribution in [0.3, 0.4) is 0 Å². The number of rotatable bonds is 6. The maximum Gasteiger partial charge on any atom is 0.264 e. The van der Waals surface area contributed by atoms with E-state index in [0.717, 1.165) is 5.56 Å². The van der Waals surface area contributed by atoms with E-state index in [1.807, 2.05) is 37.4 Å². The maximum atomic E-state index is 12.8. The molecule has 1 aliphatic heterocycles. The van der Waals surface area contributed by atoms with Crippen LogP contribution in [-0.4, -0.2) is 46.7 Å². The van der Waals surface area contributed by atoms with Gasteiger partial charge in [0.1, 0.15) is 0 Å². The van der Waals surface area contributed by atoms with Crippen LogP contribution in [0.25, 0.3) is 0 Å². The summed E-state index contributed by atoms with van der Waals surface area (Å²) in [6, 6.07) is 7.39. The molecule has 0 saturated heterocycles. The number of pyridine rings is 1. The van der Waals surface area contributed by atoms with Gasteiger partial charge in [-0.2, -0.15) is 0 Å². The van der Waals surface area contributed by atoms with Gasteiger partial charge in [-0.3, -0.25) is 19.4 Å². The van der Waals surface area contributed by atoms with Crippen LogP contribution >= 0.6 is 11.3 Å². The summed E-state index contributed by atoms with van der Waals surface area (Å²) in [7, 11) is 0. The van der Waals surface area contributed by atoms with Crippen LogP contribution in [0.5, 0.6) is 0 Å². The molecule has 2 aromatic heterocycles. The topological polar surface area (TPSA) is 91.4 Å². The summed E-state index contributed by atoms with van der Waals surface area (Å²) in [6.45, 7) is 4.72. The molecule has 2 N–H and O–H groups in total. The van der Waals surface area contributed by atoms with E-state index in [4.69, 9.17) is 0 Å². The number of carbonyl (C=O) groups excluding carboxylic acids is 3. The summed E-state index contributed by atoms with van der Waals surface area (Å²) in [5.41, 5.74) is 1.57. The van der Waals surface area contributed by atoms with Gasteiger partial charge in [-0.25, -0.2) is 0 Å². The Balaban J connectivity index is 1.69. The molecule has 1 unspecified atom stereocenters. The molecular formula is C20H24N4O3S. The molecule has 0 fully saturated rings. The van der Waals surface area contributed by atoms with Crippen LogP contribution in [0.4, 0.5) is 0 Å². The van der Waals surface area contributed by atoms with Crippen molar-refractivity contribution in [3.05, 3.63) is 52.0 Å². The average Bonchev–Trinajstić information content (AvgIpc) is 3.20. The highest BCUT2D eigenvalue weighted by molar-refractivity contribution is 7.12. The molecule has 7 nitrogen and oxygen atoms in total. The minimum Gasteiger partial charge on any atom is -0.355 e. The average molecular weight is 401 g/mol. The fourth-order valence-electron chi connectivity index (χ4n) is 3.21. The number of hydrogen-bond donors (Lipinski definition) is 2. The molecule has 0 bridgehead atoms. The fraction of sp³-hybridized carbons (Fsp3) is 0.400. The smallest absolute Gasteiger partial charge is 0.264 e. The summed E-state index contributed by atoms with van der Waals surface area (Å²) < 4.78 is 0. The minimum absolute atomic E-state index is 0.0643. The Bertz CT molecular complexity index is 851. The second-order valence-corrected chi connectivity index (χ2v) is 7.97. The lowest BCUT2D eigenvalue weighted by molar-refractivity contribution is -0.123. The van der Waals surface area contributed by atoms with E-state index in [2.05, 4.69) is 15.6 Å². The van der Waals surface area contributed by atoms with Gasteiger partial charge in [0.25, 0.3) is 5.91 Å². The Labute approximate surface area is 168 Å². The molecule has 1 aliphatic rings. The molecule has 3 rings (SSSR count). The van der Waals surface area contributed by atoms with Crippen LogP contribution in [0.2, 0.25) is 0 Å². The monoisotopic (exact) mass is 400 g/mol. The van der Waals surface area contributed by atoms with Crippen molar-refractivity contribution in [2.75, 3.05) is 13.1 Å². The Morgan fingerprint density at radius 1 is 1.29 bits per heavy atom. The molecule has 3 amide bonds. The molecule has 0 saturated carbocycles. The number of nitrogens with zero attached hydrogens (tertiary/aromatic N) is 2. The molecule has 0 aliphatic carbocycles. The molecule has 0 aromatic carbocycles. The van der Waals surface area contributed by atoms with E-state index in [1.54, 1.807) is 17.2 Å². The number of amides is 3. The summed E-state index contributed by atoms with van der Waals surface area (Å²) in [6.07, 6.45) is 1.87. The zero-order chi connectivity index (χ0) is 20.1. The van der Waals surface area contributed by atoms with E-state index >= 15 is 0 Å². The zero-order valence-electron chi connectivity index (χ0n) is 16.0. The van der Waals surface area contributed by atoms with E-state index in [1.165, 1.54) is 11.3 Å². The maximum absolute atomic E-state index is 12.8. The van der Waals surface area contributed by atoms with Gasteiger partial charge >= 0.3 is 0 Å². The van der Waals surface area contributed by atoms with Crippen LogP contribution < -0.4 is 10.6 Å². The first kappa shape index (κ1) is 20.0. The summed E-state index contributed by atoms with van der Waals surface area (Å²) in [5, 5.41) is 7.47. The van der Waals surface area contributed by atoms with Gasteiger partial charge in [0.05, 0.1) is 16.5 Å².